The molecule has 1 N–H and O–H groups in total. The Morgan fingerprint density at radius 1 is 1.00 bits per heavy atom. The third kappa shape index (κ3) is 2.94. The molecule has 1 heterocycles. The Morgan fingerprint density at radius 2 is 1.63 bits per heavy atom. The van der Waals surface area contributed by atoms with Crippen molar-refractivity contribution < 1.29 is 19.4 Å². The number of carbonyl (C=O) groups excluding carboxylic acids is 1. The molecule has 2 aliphatic rings. The zero-order chi connectivity index (χ0) is 20.8. The number of benzene rings is 3. The molecule has 0 radical (unpaired) electrons. The highest BCUT2D eigenvalue weighted by Gasteiger charge is 2.40. The molecule has 1 amide bonds. The molecule has 0 spiro atoms. The maximum absolute atomic E-state index is 13.0. The van der Waals surface area contributed by atoms with Crippen LogP contribution in [0, 0.1) is 0 Å². The molecule has 1 aliphatic carbocycles. The number of amides is 1. The lowest BCUT2D eigenvalue weighted by atomic mass is 9.98. The van der Waals surface area contributed by atoms with E-state index in [9.17, 15) is 14.7 Å². The molecule has 1 atom stereocenters. The van der Waals surface area contributed by atoms with E-state index in [4.69, 9.17) is 16.3 Å². The molecule has 0 saturated carbocycles. The van der Waals surface area contributed by atoms with Crippen LogP contribution in [0.1, 0.15) is 22.6 Å². The second-order valence-corrected chi connectivity index (χ2v) is 7.94. The van der Waals surface area contributed by atoms with Gasteiger partial charge >= 0.3 is 12.1 Å². The zero-order valence-electron chi connectivity index (χ0n) is 15.9. The van der Waals surface area contributed by atoms with Crippen LogP contribution in [-0.2, 0) is 16.0 Å². The summed E-state index contributed by atoms with van der Waals surface area (Å²) in [7, 11) is 0. The van der Waals surface area contributed by atoms with Gasteiger partial charge in [0.25, 0.3) is 0 Å². The van der Waals surface area contributed by atoms with Gasteiger partial charge in [-0.2, -0.15) is 0 Å². The summed E-state index contributed by atoms with van der Waals surface area (Å²) in [5.74, 6) is -1.16. The highest BCUT2D eigenvalue weighted by atomic mass is 35.5. The lowest BCUT2D eigenvalue weighted by molar-refractivity contribution is -0.138. The highest BCUT2D eigenvalue weighted by molar-refractivity contribution is 6.30. The monoisotopic (exact) mass is 419 g/mol. The fraction of sp³-hybridized carbons (Fsp3) is 0.167. The maximum Gasteiger partial charge on any atom is 0.415 e. The van der Waals surface area contributed by atoms with E-state index in [-0.39, 0.29) is 18.9 Å². The van der Waals surface area contributed by atoms with E-state index < -0.39 is 18.1 Å². The van der Waals surface area contributed by atoms with E-state index >= 15 is 0 Å². The van der Waals surface area contributed by atoms with E-state index in [1.165, 1.54) is 4.90 Å². The minimum atomic E-state index is -1.07. The maximum atomic E-state index is 13.0. The van der Waals surface area contributed by atoms with Gasteiger partial charge in [0.2, 0.25) is 0 Å². The predicted molar refractivity (Wildman–Crippen MR) is 114 cm³/mol. The Morgan fingerprint density at radius 3 is 2.27 bits per heavy atom. The van der Waals surface area contributed by atoms with Crippen LogP contribution in [0.4, 0.5) is 10.5 Å². The van der Waals surface area contributed by atoms with Crippen molar-refractivity contribution in [2.24, 2.45) is 0 Å². The average molecular weight is 420 g/mol. The van der Waals surface area contributed by atoms with Crippen molar-refractivity contribution in [1.29, 1.82) is 0 Å². The molecule has 1 aliphatic heterocycles. The lowest BCUT2D eigenvalue weighted by Crippen LogP contribution is -2.43. The van der Waals surface area contributed by atoms with Crippen molar-refractivity contribution >= 4 is 29.4 Å². The molecule has 3 aromatic rings. The summed E-state index contributed by atoms with van der Waals surface area (Å²) in [6.45, 7) is 0.138. The van der Waals surface area contributed by atoms with Crippen LogP contribution in [0.5, 0.6) is 0 Å². The number of aliphatic carboxylic acids is 1. The van der Waals surface area contributed by atoms with E-state index in [1.54, 1.807) is 18.2 Å². The van der Waals surface area contributed by atoms with Crippen LogP contribution in [-0.4, -0.2) is 29.8 Å². The van der Waals surface area contributed by atoms with E-state index in [0.29, 0.717) is 10.7 Å². The summed E-state index contributed by atoms with van der Waals surface area (Å²) in [6, 6.07) is 20.2. The van der Waals surface area contributed by atoms with Crippen LogP contribution in [0.15, 0.2) is 66.7 Å². The van der Waals surface area contributed by atoms with Crippen molar-refractivity contribution in [3.05, 3.63) is 88.4 Å². The van der Waals surface area contributed by atoms with Gasteiger partial charge < -0.3 is 9.84 Å². The molecule has 0 fully saturated rings. The second kappa shape index (κ2) is 7.18. The van der Waals surface area contributed by atoms with Crippen molar-refractivity contribution in [3.63, 3.8) is 0 Å². The number of nitrogens with zero attached hydrogens (tertiary/aromatic N) is 1. The van der Waals surface area contributed by atoms with Gasteiger partial charge in [0, 0.05) is 17.4 Å². The average Bonchev–Trinajstić information content (AvgIpc) is 3.28. The van der Waals surface area contributed by atoms with Crippen LogP contribution < -0.4 is 4.90 Å². The smallest absolute Gasteiger partial charge is 0.415 e. The quantitative estimate of drug-likeness (QED) is 0.641. The fourth-order valence-electron chi connectivity index (χ4n) is 4.51. The van der Waals surface area contributed by atoms with Gasteiger partial charge in [-0.25, -0.2) is 9.59 Å². The Balaban J connectivity index is 1.42. The van der Waals surface area contributed by atoms with E-state index in [2.05, 4.69) is 12.1 Å². The lowest BCUT2D eigenvalue weighted by Gasteiger charge is -2.23. The fourth-order valence-corrected chi connectivity index (χ4v) is 4.70. The van der Waals surface area contributed by atoms with Crippen LogP contribution in [0.3, 0.4) is 0 Å². The molecule has 0 saturated heterocycles. The number of hydrogen-bond acceptors (Lipinski definition) is 3. The first-order valence-corrected chi connectivity index (χ1v) is 10.1. The van der Waals surface area contributed by atoms with Crippen molar-refractivity contribution in [2.75, 3.05) is 11.5 Å². The molecule has 150 valence electrons. The Bertz CT molecular complexity index is 1130. The van der Waals surface area contributed by atoms with Gasteiger partial charge in [-0.3, -0.25) is 4.90 Å². The van der Waals surface area contributed by atoms with Crippen LogP contribution in [0.25, 0.3) is 11.1 Å². The molecule has 1 unspecified atom stereocenters. The molecule has 3 aromatic carbocycles. The van der Waals surface area contributed by atoms with Gasteiger partial charge in [0.15, 0.2) is 0 Å². The first kappa shape index (κ1) is 18.7. The number of carboxylic acid groups (broad SMARTS) is 1. The van der Waals surface area contributed by atoms with Crippen LogP contribution in [0.2, 0.25) is 5.02 Å². The van der Waals surface area contributed by atoms with E-state index in [0.717, 1.165) is 27.8 Å². The minimum absolute atomic E-state index is 0.0862. The summed E-state index contributed by atoms with van der Waals surface area (Å²) >= 11 is 6.04. The largest absolute Gasteiger partial charge is 0.480 e. The molecule has 6 heteroatoms. The first-order chi connectivity index (χ1) is 14.5. The number of fused-ring (bicyclic) bond motifs is 4. The molecule has 30 heavy (non-hydrogen) atoms. The van der Waals surface area contributed by atoms with Gasteiger partial charge in [-0.05, 0) is 46.0 Å². The third-order valence-electron chi connectivity index (χ3n) is 5.84. The van der Waals surface area contributed by atoms with Crippen LogP contribution >= 0.6 is 11.6 Å². The number of carbonyl (C=O) groups is 2. The predicted octanol–water partition coefficient (Wildman–Crippen LogP) is 5.10. The Hall–Kier alpha value is -3.31. The molecule has 5 nitrogen and oxygen atoms in total. The number of ether oxygens (including phenoxy) is 1. The summed E-state index contributed by atoms with van der Waals surface area (Å²) in [5, 5.41) is 10.1. The number of rotatable bonds is 3. The van der Waals surface area contributed by atoms with E-state index in [1.807, 2.05) is 36.4 Å². The Kier molecular flexibility index (Phi) is 4.48. The van der Waals surface area contributed by atoms with Gasteiger partial charge in [-0.15, -0.1) is 0 Å². The number of hydrogen-bond donors (Lipinski definition) is 1. The number of carboxylic acids is 1. The second-order valence-electron chi connectivity index (χ2n) is 7.51. The molecule has 0 bridgehead atoms. The first-order valence-electron chi connectivity index (χ1n) is 9.70. The molecular weight excluding hydrogens is 402 g/mol. The molecular formula is C24H18ClNO4. The summed E-state index contributed by atoms with van der Waals surface area (Å²) in [5.41, 5.74) is 5.75. The van der Waals surface area contributed by atoms with Crippen molar-refractivity contribution in [1.82, 2.24) is 0 Å². The standard InChI is InChI=1S/C24H18ClNO4/c25-15-9-10-21-14(11-15)12-22(23(27)28)26(21)24(29)30-13-20-18-7-3-1-5-16(18)17-6-2-4-8-19(17)20/h1-11,20,22H,12-13H2,(H,27,28). The SMILES string of the molecule is O=C(O)C1Cc2cc(Cl)ccc2N1C(=O)OCC1c2ccccc2-c2ccccc21. The zero-order valence-corrected chi connectivity index (χ0v) is 16.7. The number of halogens is 1. The summed E-state index contributed by atoms with van der Waals surface area (Å²) in [4.78, 5) is 26.0. The molecule has 5 rings (SSSR count). The summed E-state index contributed by atoms with van der Waals surface area (Å²) in [6.07, 6.45) is -0.458. The normalized spacial score (nSPS) is 16.7. The highest BCUT2D eigenvalue weighted by Crippen LogP contribution is 2.44. The van der Waals surface area contributed by atoms with Crippen molar-refractivity contribution in [2.45, 2.75) is 18.4 Å². The molecule has 0 aromatic heterocycles. The third-order valence-corrected chi connectivity index (χ3v) is 6.08. The summed E-state index contributed by atoms with van der Waals surface area (Å²) < 4.78 is 5.68. The van der Waals surface area contributed by atoms with Gasteiger partial charge in [-0.1, -0.05) is 60.1 Å². The van der Waals surface area contributed by atoms with Gasteiger partial charge in [0.1, 0.15) is 12.6 Å². The van der Waals surface area contributed by atoms with Crippen molar-refractivity contribution in [3.8, 4) is 11.1 Å². The number of anilines is 1. The topological polar surface area (TPSA) is 66.8 Å². The Labute approximate surface area is 178 Å². The van der Waals surface area contributed by atoms with Gasteiger partial charge in [0.05, 0.1) is 5.69 Å². The minimum Gasteiger partial charge on any atom is -0.480 e.